The predicted molar refractivity (Wildman–Crippen MR) is 137 cm³/mol. The molecule has 5 N–H and O–H groups in total. The lowest BCUT2D eigenvalue weighted by Gasteiger charge is -2.36. The number of carbonyl (C=O) groups excluding carboxylic acids is 1. The lowest BCUT2D eigenvalue weighted by Crippen LogP contribution is -2.47. The van der Waals surface area contributed by atoms with Crippen LogP contribution in [0.5, 0.6) is 0 Å². The summed E-state index contributed by atoms with van der Waals surface area (Å²) in [7, 11) is 1.35. The van der Waals surface area contributed by atoms with E-state index in [1.165, 1.54) is 7.05 Å². The van der Waals surface area contributed by atoms with Crippen LogP contribution >= 0.6 is 0 Å². The van der Waals surface area contributed by atoms with Crippen molar-refractivity contribution in [2.75, 3.05) is 7.05 Å². The summed E-state index contributed by atoms with van der Waals surface area (Å²) in [6, 6.07) is 8.06. The van der Waals surface area contributed by atoms with E-state index >= 15 is 0 Å². The van der Waals surface area contributed by atoms with E-state index in [0.29, 0.717) is 57.0 Å². The second kappa shape index (κ2) is 8.98. The molecule has 2 unspecified atom stereocenters. The van der Waals surface area contributed by atoms with Gasteiger partial charge in [-0.15, -0.1) is 0 Å². The van der Waals surface area contributed by atoms with Crippen LogP contribution in [0.3, 0.4) is 0 Å². The van der Waals surface area contributed by atoms with Gasteiger partial charge in [0.1, 0.15) is 12.1 Å². The molecule has 39 heavy (non-hydrogen) atoms. The van der Waals surface area contributed by atoms with Gasteiger partial charge in [0.05, 0.1) is 34.6 Å². The van der Waals surface area contributed by atoms with Crippen molar-refractivity contribution in [2.45, 2.75) is 49.3 Å². The Labute approximate surface area is 223 Å². The van der Waals surface area contributed by atoms with Crippen LogP contribution in [0.2, 0.25) is 0 Å². The molecule has 0 amide bonds. The van der Waals surface area contributed by atoms with E-state index < -0.39 is 23.6 Å². The number of aromatic nitrogens is 5. The number of hydrogen-bond donors (Lipinski definition) is 4. The summed E-state index contributed by atoms with van der Waals surface area (Å²) in [5.41, 5.74) is 9.81. The molecule has 2 aliphatic rings. The fourth-order valence-electron chi connectivity index (χ4n) is 5.64. The van der Waals surface area contributed by atoms with Crippen LogP contribution in [0.15, 0.2) is 42.9 Å². The zero-order valence-corrected chi connectivity index (χ0v) is 21.1. The molecule has 0 bridgehead atoms. The van der Waals surface area contributed by atoms with Crippen molar-refractivity contribution in [2.24, 2.45) is 5.73 Å². The van der Waals surface area contributed by atoms with Gasteiger partial charge < -0.3 is 21.1 Å². The molecular formula is C27H26N8O4. The maximum atomic E-state index is 12.0. The quantitative estimate of drug-likeness (QED) is 0.209. The number of nitriles is 1. The molecule has 0 radical (unpaired) electrons. The third-order valence-corrected chi connectivity index (χ3v) is 7.99. The maximum Gasteiger partial charge on any atom is 0.346 e. The largest absolute Gasteiger partial charge is 0.346 e. The van der Waals surface area contributed by atoms with Crippen LogP contribution in [-0.2, 0) is 5.54 Å². The van der Waals surface area contributed by atoms with Crippen LogP contribution < -0.4 is 5.73 Å². The highest BCUT2D eigenvalue weighted by Crippen LogP contribution is 2.49. The molecule has 3 heterocycles. The van der Waals surface area contributed by atoms with Crippen molar-refractivity contribution >= 4 is 11.9 Å². The van der Waals surface area contributed by atoms with Crippen LogP contribution in [0, 0.1) is 11.3 Å². The lowest BCUT2D eigenvalue weighted by atomic mass is 9.77. The molecule has 198 valence electrons. The Morgan fingerprint density at radius 3 is 2.56 bits per heavy atom. The zero-order valence-electron chi connectivity index (χ0n) is 21.1. The highest BCUT2D eigenvalue weighted by Gasteiger charge is 2.45. The van der Waals surface area contributed by atoms with E-state index in [-0.39, 0.29) is 6.42 Å². The topological polar surface area (TPSA) is 187 Å². The molecule has 12 heteroatoms. The number of carbonyl (C=O) groups is 1. The molecule has 12 nitrogen and oxygen atoms in total. The third kappa shape index (κ3) is 3.99. The smallest absolute Gasteiger partial charge is 0.330 e. The van der Waals surface area contributed by atoms with E-state index in [4.69, 9.17) is 10.7 Å². The number of nitrogens with zero attached hydrogens (tertiary/aromatic N) is 7. The second-order valence-electron chi connectivity index (χ2n) is 10.2. The molecular weight excluding hydrogens is 500 g/mol. The molecule has 0 saturated heterocycles. The monoisotopic (exact) mass is 526 g/mol. The average molecular weight is 527 g/mol. The molecule has 6 rings (SSSR count). The number of nitrogens with two attached hydrogens (primary N) is 1. The summed E-state index contributed by atoms with van der Waals surface area (Å²) in [5.74, 6) is 0.0604. The Morgan fingerprint density at radius 2 is 1.95 bits per heavy atom. The first-order valence-electron chi connectivity index (χ1n) is 12.5. The van der Waals surface area contributed by atoms with E-state index in [1.54, 1.807) is 47.4 Å². The summed E-state index contributed by atoms with van der Waals surface area (Å²) in [4.78, 5) is 26.8. The number of benzene rings is 1. The summed E-state index contributed by atoms with van der Waals surface area (Å²) in [6.07, 6.45) is 5.63. The van der Waals surface area contributed by atoms with Crippen LogP contribution in [0.25, 0.3) is 16.9 Å². The normalized spacial score (nSPS) is 20.0. The van der Waals surface area contributed by atoms with Gasteiger partial charge in [-0.2, -0.15) is 10.4 Å². The van der Waals surface area contributed by atoms with Crippen molar-refractivity contribution in [1.29, 1.82) is 5.26 Å². The minimum atomic E-state index is -3.12. The van der Waals surface area contributed by atoms with Gasteiger partial charge in [0.25, 0.3) is 0 Å². The fraction of sp³-hybridized carbons (Fsp3) is 0.333. The van der Waals surface area contributed by atoms with Gasteiger partial charge in [-0.1, -0.05) is 12.1 Å². The number of rotatable bonds is 6. The molecule has 0 aliphatic heterocycles. The molecule has 3 aromatic heterocycles. The minimum Gasteiger partial charge on any atom is -0.330 e. The molecule has 2 aliphatic carbocycles. The summed E-state index contributed by atoms with van der Waals surface area (Å²) >= 11 is 0. The molecule has 1 saturated carbocycles. The highest BCUT2D eigenvalue weighted by molar-refractivity contribution is 5.80. The fourth-order valence-corrected chi connectivity index (χ4v) is 5.64. The predicted octanol–water partition coefficient (Wildman–Crippen LogP) is 1.31. The number of aliphatic hydroxyl groups is 3. The zero-order chi connectivity index (χ0) is 27.5. The minimum absolute atomic E-state index is 0.218. The Bertz CT molecular complexity index is 1630. The van der Waals surface area contributed by atoms with Crippen molar-refractivity contribution in [1.82, 2.24) is 29.5 Å². The Morgan fingerprint density at radius 1 is 1.21 bits per heavy atom. The number of hydrogen-bond acceptors (Lipinski definition) is 11. The first kappa shape index (κ1) is 25.2. The van der Waals surface area contributed by atoms with Crippen LogP contribution in [0.1, 0.15) is 76.2 Å². The van der Waals surface area contributed by atoms with Crippen molar-refractivity contribution in [3.05, 3.63) is 76.6 Å². The molecule has 4 aromatic rings. The average Bonchev–Trinajstić information content (AvgIpc) is 3.47. The highest BCUT2D eigenvalue weighted by atomic mass is 16.7. The number of aldehydes is 1. The Balaban J connectivity index is 1.51. The van der Waals surface area contributed by atoms with Crippen LogP contribution in [-0.4, -0.2) is 64.2 Å². The van der Waals surface area contributed by atoms with Gasteiger partial charge in [0, 0.05) is 41.2 Å². The molecule has 1 aromatic carbocycles. The van der Waals surface area contributed by atoms with Gasteiger partial charge in [0.15, 0.2) is 5.65 Å². The van der Waals surface area contributed by atoms with Crippen molar-refractivity contribution < 1.29 is 20.1 Å². The van der Waals surface area contributed by atoms with Gasteiger partial charge in [-0.3, -0.25) is 4.79 Å². The van der Waals surface area contributed by atoms with E-state index in [0.717, 1.165) is 24.2 Å². The van der Waals surface area contributed by atoms with Crippen LogP contribution in [0.4, 0.5) is 0 Å². The molecule has 0 spiro atoms. The standard InChI is InChI=1S/C27H26N8O4/c1-34(27(37,38)39)20-10-18(21-15(11-28)4-2-5-16(21)14-36)22-23(20)33-35-9-6-19(32-24(22)35)17-12-30-25(31-13-17)26(29)7-3-8-26/h2,4-6,9,12-14,18,20,37-39H,3,7-8,10,29H2,1H3. The second-order valence-corrected chi connectivity index (χ2v) is 10.2. The summed E-state index contributed by atoms with van der Waals surface area (Å²) < 4.78 is 1.56. The van der Waals surface area contributed by atoms with Crippen molar-refractivity contribution in [3.63, 3.8) is 0 Å². The summed E-state index contributed by atoms with van der Waals surface area (Å²) in [5, 5.41) is 44.4. The van der Waals surface area contributed by atoms with Crippen molar-refractivity contribution in [3.8, 4) is 17.3 Å². The van der Waals surface area contributed by atoms with Gasteiger partial charge in [0.2, 0.25) is 0 Å². The number of fused-ring (bicyclic) bond motifs is 3. The van der Waals surface area contributed by atoms with Gasteiger partial charge in [-0.25, -0.2) is 24.4 Å². The SMILES string of the molecule is CN(C1CC(c2c(C#N)cccc2C=O)c2c1nn1ccc(-c3cnc(C4(N)CCC4)nc3)nc21)C(O)(O)O. The Hall–Kier alpha value is -4.12. The van der Waals surface area contributed by atoms with E-state index in [1.807, 2.05) is 0 Å². The first-order chi connectivity index (χ1) is 18.6. The third-order valence-electron chi connectivity index (χ3n) is 7.99. The van der Waals surface area contributed by atoms with E-state index in [9.17, 15) is 25.4 Å². The first-order valence-corrected chi connectivity index (χ1v) is 12.5. The molecule has 2 atom stereocenters. The lowest BCUT2D eigenvalue weighted by molar-refractivity contribution is -0.396. The summed E-state index contributed by atoms with van der Waals surface area (Å²) in [6.45, 7) is 0. The van der Waals surface area contributed by atoms with E-state index in [2.05, 4.69) is 21.1 Å². The maximum absolute atomic E-state index is 12.0. The van der Waals surface area contributed by atoms with Gasteiger partial charge >= 0.3 is 6.10 Å². The Kier molecular flexibility index (Phi) is 5.79. The molecule has 1 fully saturated rings. The van der Waals surface area contributed by atoms with Gasteiger partial charge in [-0.05, 0) is 50.4 Å².